The average molecular weight is 349 g/mol. The van der Waals surface area contributed by atoms with Crippen LogP contribution in [0, 0.1) is 5.92 Å². The van der Waals surface area contributed by atoms with Crippen molar-refractivity contribution < 1.29 is 4.79 Å². The molecule has 1 aromatic heterocycles. The molecular weight excluding hydrogens is 331 g/mol. The Morgan fingerprint density at radius 2 is 1.91 bits per heavy atom. The summed E-state index contributed by atoms with van der Waals surface area (Å²) >= 11 is 12.1. The van der Waals surface area contributed by atoms with Crippen LogP contribution in [0.4, 0.5) is 0 Å². The third-order valence-electron chi connectivity index (χ3n) is 4.27. The van der Waals surface area contributed by atoms with Crippen LogP contribution in [0.25, 0.3) is 0 Å². The van der Waals surface area contributed by atoms with Gasteiger partial charge >= 0.3 is 0 Å². The summed E-state index contributed by atoms with van der Waals surface area (Å²) in [5, 5.41) is 0.608. The summed E-state index contributed by atoms with van der Waals surface area (Å²) in [5.74, 6) is 0.390. The molecule has 1 aromatic carbocycles. The first kappa shape index (κ1) is 16.3. The molecule has 23 heavy (non-hydrogen) atoms. The van der Waals surface area contributed by atoms with E-state index >= 15 is 0 Å². The molecule has 1 aliphatic rings. The minimum absolute atomic E-state index is 0.152. The molecule has 0 radical (unpaired) electrons. The Kier molecular flexibility index (Phi) is 4.88. The summed E-state index contributed by atoms with van der Waals surface area (Å²) in [7, 11) is 0. The van der Waals surface area contributed by atoms with Crippen LogP contribution < -0.4 is 0 Å². The van der Waals surface area contributed by atoms with E-state index in [1.54, 1.807) is 12.1 Å². The number of rotatable bonds is 5. The zero-order valence-electron chi connectivity index (χ0n) is 12.9. The Morgan fingerprint density at radius 1 is 1.22 bits per heavy atom. The van der Waals surface area contributed by atoms with Crippen LogP contribution >= 0.6 is 23.2 Å². The molecule has 1 fully saturated rings. The summed E-state index contributed by atoms with van der Waals surface area (Å²) in [6.07, 6.45) is 2.33. The Bertz CT molecular complexity index is 701. The maximum atomic E-state index is 13.0. The highest BCUT2D eigenvalue weighted by Crippen LogP contribution is 2.36. The molecule has 1 aliphatic carbocycles. The topological polar surface area (TPSA) is 33.2 Å². The van der Waals surface area contributed by atoms with Crippen molar-refractivity contribution in [2.75, 3.05) is 0 Å². The largest absolute Gasteiger partial charge is 0.330 e. The molecule has 5 heteroatoms. The zero-order chi connectivity index (χ0) is 16.4. The van der Waals surface area contributed by atoms with Crippen LogP contribution in [0.1, 0.15) is 35.8 Å². The van der Waals surface area contributed by atoms with E-state index < -0.39 is 0 Å². The second-order valence-electron chi connectivity index (χ2n) is 5.96. The summed E-state index contributed by atoms with van der Waals surface area (Å²) in [6.45, 7) is 2.64. The molecule has 1 saturated carbocycles. The Hall–Kier alpha value is -1.58. The van der Waals surface area contributed by atoms with Gasteiger partial charge in [0.05, 0.1) is 5.02 Å². The van der Waals surface area contributed by atoms with Crippen LogP contribution in [0.2, 0.25) is 10.2 Å². The van der Waals surface area contributed by atoms with E-state index in [0.29, 0.717) is 17.5 Å². The quantitative estimate of drug-likeness (QED) is 0.725. The van der Waals surface area contributed by atoms with E-state index in [1.165, 1.54) is 0 Å². The van der Waals surface area contributed by atoms with Crippen LogP contribution in [0.15, 0.2) is 42.5 Å². The number of hydrogen-bond acceptors (Lipinski definition) is 2. The van der Waals surface area contributed by atoms with Gasteiger partial charge in [0.25, 0.3) is 5.91 Å². The van der Waals surface area contributed by atoms with Gasteiger partial charge in [0, 0.05) is 12.6 Å². The molecule has 0 N–H and O–H groups in total. The number of benzene rings is 1. The molecule has 120 valence electrons. The maximum absolute atomic E-state index is 13.0. The smallest absolute Gasteiger partial charge is 0.274 e. The van der Waals surface area contributed by atoms with E-state index in [4.69, 9.17) is 23.2 Å². The normalized spacial score (nSPS) is 15.3. The third-order valence-corrected chi connectivity index (χ3v) is 4.78. The predicted molar refractivity (Wildman–Crippen MR) is 92.8 cm³/mol. The maximum Gasteiger partial charge on any atom is 0.274 e. The molecule has 2 aromatic rings. The standard InChI is InChI=1S/C18H18Cl2N2O/c1-12(14-7-8-14)22(11-13-5-3-2-4-6-13)18(23)17-15(19)9-10-16(20)21-17/h2-6,9-10,12,14H,7-8,11H2,1H3. The van der Waals surface area contributed by atoms with Crippen molar-refractivity contribution in [3.8, 4) is 0 Å². The van der Waals surface area contributed by atoms with E-state index in [1.807, 2.05) is 35.2 Å². The van der Waals surface area contributed by atoms with Crippen LogP contribution in [-0.2, 0) is 6.54 Å². The lowest BCUT2D eigenvalue weighted by molar-refractivity contribution is 0.0648. The van der Waals surface area contributed by atoms with Crippen molar-refractivity contribution in [2.45, 2.75) is 32.4 Å². The van der Waals surface area contributed by atoms with Gasteiger partial charge in [-0.05, 0) is 43.4 Å². The molecule has 0 bridgehead atoms. The summed E-state index contributed by atoms with van der Waals surface area (Å²) in [4.78, 5) is 19.0. The molecule has 1 amide bonds. The summed E-state index contributed by atoms with van der Waals surface area (Å²) in [6, 6.07) is 13.3. The van der Waals surface area contributed by atoms with Gasteiger partial charge in [0.15, 0.2) is 0 Å². The molecule has 1 heterocycles. The Morgan fingerprint density at radius 3 is 2.57 bits per heavy atom. The third kappa shape index (κ3) is 3.85. The minimum atomic E-state index is -0.166. The van der Waals surface area contributed by atoms with Gasteiger partial charge in [0.2, 0.25) is 0 Å². The van der Waals surface area contributed by atoms with Crippen molar-refractivity contribution in [2.24, 2.45) is 5.92 Å². The minimum Gasteiger partial charge on any atom is -0.330 e. The van der Waals surface area contributed by atoms with E-state index in [2.05, 4.69) is 11.9 Å². The Balaban J connectivity index is 1.90. The lowest BCUT2D eigenvalue weighted by Gasteiger charge is -2.29. The van der Waals surface area contributed by atoms with Crippen molar-refractivity contribution in [3.63, 3.8) is 0 Å². The average Bonchev–Trinajstić information content (AvgIpc) is 3.39. The number of hydrogen-bond donors (Lipinski definition) is 0. The highest BCUT2D eigenvalue weighted by Gasteiger charge is 2.35. The molecule has 1 unspecified atom stereocenters. The molecule has 0 aliphatic heterocycles. The van der Waals surface area contributed by atoms with Gasteiger partial charge in [0.1, 0.15) is 10.8 Å². The lowest BCUT2D eigenvalue weighted by atomic mass is 10.1. The van der Waals surface area contributed by atoms with Crippen molar-refractivity contribution >= 4 is 29.1 Å². The molecular formula is C18H18Cl2N2O. The monoisotopic (exact) mass is 348 g/mol. The lowest BCUT2D eigenvalue weighted by Crippen LogP contribution is -2.40. The number of pyridine rings is 1. The molecule has 0 spiro atoms. The molecule has 1 atom stereocenters. The van der Waals surface area contributed by atoms with Crippen LogP contribution in [-0.4, -0.2) is 21.8 Å². The second-order valence-corrected chi connectivity index (χ2v) is 6.76. The predicted octanol–water partition coefficient (Wildman–Crippen LogP) is 4.83. The first-order valence-electron chi connectivity index (χ1n) is 7.73. The first-order chi connectivity index (χ1) is 11.1. The van der Waals surface area contributed by atoms with Gasteiger partial charge in [-0.15, -0.1) is 0 Å². The van der Waals surface area contributed by atoms with Crippen molar-refractivity contribution in [1.82, 2.24) is 9.88 Å². The van der Waals surface area contributed by atoms with Gasteiger partial charge in [-0.1, -0.05) is 53.5 Å². The van der Waals surface area contributed by atoms with Gasteiger partial charge in [-0.25, -0.2) is 4.98 Å². The number of halogens is 2. The first-order valence-corrected chi connectivity index (χ1v) is 8.49. The van der Waals surface area contributed by atoms with Gasteiger partial charge in [-0.3, -0.25) is 4.79 Å². The van der Waals surface area contributed by atoms with Gasteiger partial charge < -0.3 is 4.90 Å². The van der Waals surface area contributed by atoms with Crippen LogP contribution in [0.5, 0.6) is 0 Å². The van der Waals surface area contributed by atoms with E-state index in [9.17, 15) is 4.79 Å². The summed E-state index contributed by atoms with van der Waals surface area (Å²) in [5.41, 5.74) is 1.31. The number of carbonyl (C=O) groups excluding carboxylic acids is 1. The molecule has 0 saturated heterocycles. The number of aromatic nitrogens is 1. The Labute approximate surface area is 146 Å². The van der Waals surface area contributed by atoms with Crippen LogP contribution in [0.3, 0.4) is 0 Å². The molecule has 3 rings (SSSR count). The SMILES string of the molecule is CC(C1CC1)N(Cc1ccccc1)C(=O)c1nc(Cl)ccc1Cl. The number of amides is 1. The fourth-order valence-electron chi connectivity index (χ4n) is 2.72. The molecule has 3 nitrogen and oxygen atoms in total. The highest BCUT2D eigenvalue weighted by atomic mass is 35.5. The second kappa shape index (κ2) is 6.90. The van der Waals surface area contributed by atoms with Gasteiger partial charge in [-0.2, -0.15) is 0 Å². The zero-order valence-corrected chi connectivity index (χ0v) is 14.4. The van der Waals surface area contributed by atoms with Crippen molar-refractivity contribution in [1.29, 1.82) is 0 Å². The summed E-state index contributed by atoms with van der Waals surface area (Å²) < 4.78 is 0. The fraction of sp³-hybridized carbons (Fsp3) is 0.333. The van der Waals surface area contributed by atoms with E-state index in [-0.39, 0.29) is 22.8 Å². The van der Waals surface area contributed by atoms with Crippen molar-refractivity contribution in [3.05, 3.63) is 63.9 Å². The van der Waals surface area contributed by atoms with E-state index in [0.717, 1.165) is 18.4 Å². The number of nitrogens with zero attached hydrogens (tertiary/aromatic N) is 2. The number of carbonyl (C=O) groups is 1. The fourth-order valence-corrected chi connectivity index (χ4v) is 3.05. The highest BCUT2D eigenvalue weighted by molar-refractivity contribution is 6.34.